The van der Waals surface area contributed by atoms with Crippen LogP contribution in [0.4, 0.5) is 4.39 Å². The Balaban J connectivity index is 2.94. The maximum absolute atomic E-state index is 13.2. The summed E-state index contributed by atoms with van der Waals surface area (Å²) in [5.41, 5.74) is 5.61. The van der Waals surface area contributed by atoms with Gasteiger partial charge in [-0.25, -0.2) is 4.39 Å². The number of para-hydroxylation sites is 1. The van der Waals surface area contributed by atoms with Gasteiger partial charge in [-0.3, -0.25) is 0 Å². The van der Waals surface area contributed by atoms with Gasteiger partial charge in [-0.15, -0.1) is 0 Å². The lowest BCUT2D eigenvalue weighted by atomic mass is 10.0. The summed E-state index contributed by atoms with van der Waals surface area (Å²) >= 11 is 0. The molecule has 0 aliphatic carbocycles. The van der Waals surface area contributed by atoms with Crippen molar-refractivity contribution in [3.63, 3.8) is 0 Å². The molecule has 0 heterocycles. The summed E-state index contributed by atoms with van der Waals surface area (Å²) in [7, 11) is 0. The summed E-state index contributed by atoms with van der Waals surface area (Å²) in [5.74, 6) is -0.0395. The van der Waals surface area contributed by atoms with Crippen LogP contribution in [0.15, 0.2) is 24.3 Å². The molecule has 0 amide bonds. The smallest absolute Gasteiger partial charge is 0.143 e. The number of hydrogen-bond acceptors (Lipinski definition) is 2. The Kier molecular flexibility index (Phi) is 2.65. The van der Waals surface area contributed by atoms with Crippen LogP contribution in [-0.2, 0) is 0 Å². The van der Waals surface area contributed by atoms with Crippen LogP contribution in [0.1, 0.15) is 18.7 Å². The highest BCUT2D eigenvalue weighted by molar-refractivity contribution is 5.34. The van der Waals surface area contributed by atoms with Gasteiger partial charge in [0.1, 0.15) is 11.9 Å². The third kappa shape index (κ3) is 1.74. The Morgan fingerprint density at radius 1 is 1.42 bits per heavy atom. The molecule has 12 heavy (non-hydrogen) atoms. The topological polar surface area (TPSA) is 46.2 Å². The maximum Gasteiger partial charge on any atom is 0.143 e. The Morgan fingerprint density at radius 2 is 2.00 bits per heavy atom. The molecule has 0 spiro atoms. The molecule has 2 atom stereocenters. The first kappa shape index (κ1) is 9.00. The minimum Gasteiger partial charge on any atom is -0.508 e. The lowest BCUT2D eigenvalue weighted by molar-refractivity contribution is 0.290. The van der Waals surface area contributed by atoms with Crippen molar-refractivity contribution in [3.05, 3.63) is 29.8 Å². The van der Waals surface area contributed by atoms with Crippen LogP contribution in [0.2, 0.25) is 0 Å². The van der Waals surface area contributed by atoms with Crippen LogP contribution < -0.4 is 5.73 Å². The second kappa shape index (κ2) is 3.54. The minimum absolute atomic E-state index is 0.0395. The molecule has 0 aromatic heterocycles. The highest BCUT2D eigenvalue weighted by Gasteiger charge is 2.17. The lowest BCUT2D eigenvalue weighted by Gasteiger charge is -2.12. The van der Waals surface area contributed by atoms with Crippen molar-refractivity contribution in [1.82, 2.24) is 0 Å². The van der Waals surface area contributed by atoms with E-state index in [-0.39, 0.29) is 11.3 Å². The summed E-state index contributed by atoms with van der Waals surface area (Å²) in [6.45, 7) is 1.57. The number of phenols is 1. The lowest BCUT2D eigenvalue weighted by Crippen LogP contribution is -2.21. The van der Waals surface area contributed by atoms with Crippen LogP contribution in [0.25, 0.3) is 0 Å². The van der Waals surface area contributed by atoms with E-state index in [1.807, 2.05) is 0 Å². The van der Waals surface area contributed by atoms with Crippen molar-refractivity contribution in [2.75, 3.05) is 0 Å². The van der Waals surface area contributed by atoms with Gasteiger partial charge in [-0.1, -0.05) is 18.2 Å². The van der Waals surface area contributed by atoms with E-state index in [9.17, 15) is 9.50 Å². The number of aromatic hydroxyl groups is 1. The molecule has 1 rings (SSSR count). The van der Waals surface area contributed by atoms with Gasteiger partial charge in [0.05, 0.1) is 0 Å². The zero-order valence-electron chi connectivity index (χ0n) is 6.87. The first-order chi connectivity index (χ1) is 5.63. The quantitative estimate of drug-likeness (QED) is 0.708. The second-order valence-electron chi connectivity index (χ2n) is 2.82. The number of alkyl halides is 1. The normalized spacial score (nSPS) is 15.6. The van der Waals surface area contributed by atoms with Gasteiger partial charge >= 0.3 is 0 Å². The first-order valence-electron chi connectivity index (χ1n) is 3.80. The highest BCUT2D eigenvalue weighted by atomic mass is 19.1. The Morgan fingerprint density at radius 3 is 2.50 bits per heavy atom. The highest BCUT2D eigenvalue weighted by Crippen LogP contribution is 2.27. The number of halogens is 1. The van der Waals surface area contributed by atoms with E-state index in [1.165, 1.54) is 12.1 Å². The Labute approximate surface area is 70.8 Å². The van der Waals surface area contributed by atoms with Crippen LogP contribution in [0, 0.1) is 0 Å². The number of hydrogen-bond donors (Lipinski definition) is 2. The summed E-state index contributed by atoms with van der Waals surface area (Å²) in [4.78, 5) is 0. The van der Waals surface area contributed by atoms with Crippen LogP contribution in [0.3, 0.4) is 0 Å². The maximum atomic E-state index is 13.2. The molecular weight excluding hydrogens is 157 g/mol. The van der Waals surface area contributed by atoms with Crippen LogP contribution in [0.5, 0.6) is 5.75 Å². The molecule has 0 aliphatic heterocycles. The van der Waals surface area contributed by atoms with Gasteiger partial charge in [0.15, 0.2) is 0 Å². The molecule has 0 radical (unpaired) electrons. The zero-order chi connectivity index (χ0) is 9.14. The predicted octanol–water partition coefficient (Wildman–Crippen LogP) is 1.75. The molecule has 0 bridgehead atoms. The summed E-state index contributed by atoms with van der Waals surface area (Å²) in [5, 5.41) is 9.23. The second-order valence-corrected chi connectivity index (χ2v) is 2.82. The molecule has 0 saturated carbocycles. The predicted molar refractivity (Wildman–Crippen MR) is 45.6 cm³/mol. The summed E-state index contributed by atoms with van der Waals surface area (Å²) in [6, 6.07) is 5.70. The van der Waals surface area contributed by atoms with Crippen LogP contribution in [-0.4, -0.2) is 11.1 Å². The molecule has 1 aromatic rings. The molecule has 3 N–H and O–H groups in total. The van der Waals surface area contributed by atoms with Gasteiger partial charge in [-0.05, 0) is 13.0 Å². The SMILES string of the molecule is CC(N)C(F)c1ccccc1O. The van der Waals surface area contributed by atoms with E-state index in [2.05, 4.69) is 0 Å². The average Bonchev–Trinajstić information content (AvgIpc) is 2.04. The Hall–Kier alpha value is -1.09. The summed E-state index contributed by atoms with van der Waals surface area (Å²) < 4.78 is 13.2. The number of rotatable bonds is 2. The van der Waals surface area contributed by atoms with E-state index in [0.717, 1.165) is 0 Å². The van der Waals surface area contributed by atoms with Gasteiger partial charge in [-0.2, -0.15) is 0 Å². The van der Waals surface area contributed by atoms with Crippen molar-refractivity contribution >= 4 is 0 Å². The Bertz CT molecular complexity index is 262. The third-order valence-electron chi connectivity index (χ3n) is 1.70. The molecular formula is C9H12FNO. The number of nitrogens with two attached hydrogens (primary N) is 1. The zero-order valence-corrected chi connectivity index (χ0v) is 6.87. The average molecular weight is 169 g/mol. The van der Waals surface area contributed by atoms with Gasteiger partial charge < -0.3 is 10.8 Å². The largest absolute Gasteiger partial charge is 0.508 e. The van der Waals surface area contributed by atoms with E-state index < -0.39 is 12.2 Å². The minimum atomic E-state index is -1.30. The van der Waals surface area contributed by atoms with Crippen molar-refractivity contribution < 1.29 is 9.50 Å². The fourth-order valence-corrected chi connectivity index (χ4v) is 1.00. The number of benzene rings is 1. The molecule has 0 saturated heterocycles. The molecule has 0 fully saturated rings. The number of phenolic OH excluding ortho intramolecular Hbond substituents is 1. The van der Waals surface area contributed by atoms with Gasteiger partial charge in [0.2, 0.25) is 0 Å². The van der Waals surface area contributed by atoms with Crippen molar-refractivity contribution in [2.45, 2.75) is 19.1 Å². The first-order valence-corrected chi connectivity index (χ1v) is 3.80. The van der Waals surface area contributed by atoms with Crippen LogP contribution >= 0.6 is 0 Å². The van der Waals surface area contributed by atoms with E-state index in [1.54, 1.807) is 19.1 Å². The molecule has 1 aromatic carbocycles. The third-order valence-corrected chi connectivity index (χ3v) is 1.70. The molecule has 2 unspecified atom stereocenters. The molecule has 0 aliphatic rings. The van der Waals surface area contributed by atoms with E-state index >= 15 is 0 Å². The van der Waals surface area contributed by atoms with Gasteiger partial charge in [0, 0.05) is 11.6 Å². The van der Waals surface area contributed by atoms with E-state index in [0.29, 0.717) is 0 Å². The van der Waals surface area contributed by atoms with E-state index in [4.69, 9.17) is 5.73 Å². The molecule has 3 heteroatoms. The molecule has 2 nitrogen and oxygen atoms in total. The monoisotopic (exact) mass is 169 g/mol. The van der Waals surface area contributed by atoms with Crippen molar-refractivity contribution in [1.29, 1.82) is 0 Å². The van der Waals surface area contributed by atoms with Gasteiger partial charge in [0.25, 0.3) is 0 Å². The summed E-state index contributed by atoms with van der Waals surface area (Å²) in [6.07, 6.45) is -1.30. The fraction of sp³-hybridized carbons (Fsp3) is 0.333. The standard InChI is InChI=1S/C9H12FNO/c1-6(11)9(10)7-4-2-3-5-8(7)12/h2-6,9,12H,11H2,1H3. The molecule has 66 valence electrons. The van der Waals surface area contributed by atoms with Crippen molar-refractivity contribution in [3.8, 4) is 5.75 Å². The fourth-order valence-electron chi connectivity index (χ4n) is 1.00. The van der Waals surface area contributed by atoms with Crippen molar-refractivity contribution in [2.24, 2.45) is 5.73 Å².